The van der Waals surface area contributed by atoms with Crippen molar-refractivity contribution in [2.75, 3.05) is 20.3 Å². The second-order valence-corrected chi connectivity index (χ2v) is 6.73. The molecule has 0 aliphatic heterocycles. The highest BCUT2D eigenvalue weighted by atomic mass is 16.6. The van der Waals surface area contributed by atoms with Crippen molar-refractivity contribution in [1.82, 2.24) is 5.32 Å². The lowest BCUT2D eigenvalue weighted by Gasteiger charge is -2.17. The second kappa shape index (κ2) is 9.39. The Morgan fingerprint density at radius 2 is 1.93 bits per heavy atom. The first-order valence-electron chi connectivity index (χ1n) is 9.23. The summed E-state index contributed by atoms with van der Waals surface area (Å²) < 4.78 is 15.4. The van der Waals surface area contributed by atoms with Crippen LogP contribution in [0, 0.1) is 0 Å². The fourth-order valence-electron chi connectivity index (χ4n) is 3.03. The molecule has 2 atom stereocenters. The second-order valence-electron chi connectivity index (χ2n) is 6.73. The van der Waals surface area contributed by atoms with Crippen molar-refractivity contribution in [3.63, 3.8) is 0 Å². The lowest BCUT2D eigenvalue weighted by molar-refractivity contribution is -0.142. The Morgan fingerprint density at radius 3 is 2.68 bits per heavy atom. The number of carbonyl (C=O) groups excluding carboxylic acids is 1. The third-order valence-electron chi connectivity index (χ3n) is 4.55. The molecule has 6 heteroatoms. The average Bonchev–Trinajstić information content (AvgIpc) is 3.15. The molecule has 2 unspecified atom stereocenters. The molecule has 1 aromatic heterocycles. The van der Waals surface area contributed by atoms with E-state index < -0.39 is 12.1 Å². The van der Waals surface area contributed by atoms with Crippen LogP contribution in [-0.2, 0) is 16.0 Å². The molecule has 0 bridgehead atoms. The van der Waals surface area contributed by atoms with Crippen LogP contribution < -0.4 is 10.1 Å². The monoisotopic (exact) mass is 383 g/mol. The van der Waals surface area contributed by atoms with Crippen molar-refractivity contribution in [2.24, 2.45) is 0 Å². The van der Waals surface area contributed by atoms with Gasteiger partial charge in [0.1, 0.15) is 17.6 Å². The number of ether oxygens (including phenoxy) is 2. The first-order valence-corrected chi connectivity index (χ1v) is 9.23. The normalized spacial score (nSPS) is 13.2. The van der Waals surface area contributed by atoms with Crippen LogP contribution >= 0.6 is 0 Å². The van der Waals surface area contributed by atoms with E-state index >= 15 is 0 Å². The zero-order valence-corrected chi connectivity index (χ0v) is 16.1. The number of nitrogens with one attached hydrogen (secondary N) is 1. The Kier molecular flexibility index (Phi) is 6.68. The minimum absolute atomic E-state index is 0.104. The van der Waals surface area contributed by atoms with Crippen LogP contribution in [0.1, 0.15) is 24.4 Å². The number of rotatable bonds is 9. The van der Waals surface area contributed by atoms with Crippen LogP contribution in [0.5, 0.6) is 5.75 Å². The molecule has 0 radical (unpaired) electrons. The maximum Gasteiger partial charge on any atom is 0.343 e. The van der Waals surface area contributed by atoms with Crippen molar-refractivity contribution in [1.29, 1.82) is 0 Å². The minimum atomic E-state index is -0.712. The topological polar surface area (TPSA) is 80.9 Å². The van der Waals surface area contributed by atoms with Gasteiger partial charge in [-0.05, 0) is 31.0 Å². The fourth-order valence-corrected chi connectivity index (χ4v) is 3.03. The third-order valence-corrected chi connectivity index (χ3v) is 4.55. The molecule has 0 fully saturated rings. The van der Waals surface area contributed by atoms with Gasteiger partial charge in [0.15, 0.2) is 6.61 Å². The van der Waals surface area contributed by atoms with Crippen LogP contribution in [0.15, 0.2) is 59.2 Å². The van der Waals surface area contributed by atoms with Gasteiger partial charge in [0.2, 0.25) is 0 Å². The smallest absolute Gasteiger partial charge is 0.343 e. The summed E-state index contributed by atoms with van der Waals surface area (Å²) in [6.45, 7) is 2.36. The molecule has 3 aromatic rings. The zero-order chi connectivity index (χ0) is 19.9. The zero-order valence-electron chi connectivity index (χ0n) is 16.1. The number of carbonyl (C=O) groups is 1. The number of methoxy groups -OCH3 is 1. The van der Waals surface area contributed by atoms with Gasteiger partial charge < -0.3 is 24.3 Å². The molecule has 6 nitrogen and oxygen atoms in total. The molecule has 1 heterocycles. The van der Waals surface area contributed by atoms with E-state index in [2.05, 4.69) is 17.0 Å². The first-order chi connectivity index (χ1) is 13.6. The van der Waals surface area contributed by atoms with Gasteiger partial charge in [0.05, 0.1) is 13.4 Å². The van der Waals surface area contributed by atoms with Crippen molar-refractivity contribution >= 4 is 16.7 Å². The van der Waals surface area contributed by atoms with Crippen LogP contribution in [-0.4, -0.2) is 37.4 Å². The molecule has 2 N–H and O–H groups in total. The number of aliphatic hydroxyl groups is 1. The van der Waals surface area contributed by atoms with E-state index in [1.807, 2.05) is 48.5 Å². The summed E-state index contributed by atoms with van der Waals surface area (Å²) in [4.78, 5) is 11.1. The van der Waals surface area contributed by atoms with E-state index in [9.17, 15) is 9.90 Å². The van der Waals surface area contributed by atoms with Crippen molar-refractivity contribution in [3.8, 4) is 5.75 Å². The molecule has 28 heavy (non-hydrogen) atoms. The molecule has 0 saturated heterocycles. The molecule has 0 saturated carbocycles. The Labute approximate surface area is 164 Å². The quantitative estimate of drug-likeness (QED) is 0.552. The molecular formula is C22H25NO5. The number of benzene rings is 2. The maximum atomic E-state index is 11.1. The molecular weight excluding hydrogens is 358 g/mol. The van der Waals surface area contributed by atoms with Crippen LogP contribution in [0.2, 0.25) is 0 Å². The highest BCUT2D eigenvalue weighted by Gasteiger charge is 2.16. The van der Waals surface area contributed by atoms with Gasteiger partial charge in [-0.1, -0.05) is 36.4 Å². The van der Waals surface area contributed by atoms with Gasteiger partial charge in [0.25, 0.3) is 0 Å². The van der Waals surface area contributed by atoms with Gasteiger partial charge >= 0.3 is 5.97 Å². The van der Waals surface area contributed by atoms with E-state index in [1.165, 1.54) is 7.11 Å². The van der Waals surface area contributed by atoms with E-state index in [0.717, 1.165) is 22.8 Å². The average molecular weight is 383 g/mol. The van der Waals surface area contributed by atoms with E-state index in [4.69, 9.17) is 9.15 Å². The van der Waals surface area contributed by atoms with Crippen molar-refractivity contribution in [3.05, 3.63) is 66.1 Å². The van der Waals surface area contributed by atoms with Crippen LogP contribution in [0.3, 0.4) is 0 Å². The standard InChI is InChI=1S/C22H25NO5/c1-15(11-16-7-9-18(10-8-16)27-14-21(25)26-2)23-12-20(24)22-19-6-4-3-5-17(19)13-28-22/h3-10,13,15,20,23-24H,11-12,14H2,1-2H3. The molecule has 148 valence electrons. The van der Waals surface area contributed by atoms with Gasteiger partial charge in [0, 0.05) is 23.4 Å². The predicted octanol–water partition coefficient (Wildman–Crippen LogP) is 3.24. The highest BCUT2D eigenvalue weighted by Crippen LogP contribution is 2.26. The Morgan fingerprint density at radius 1 is 1.18 bits per heavy atom. The fraction of sp³-hybridized carbons (Fsp3) is 0.318. The highest BCUT2D eigenvalue weighted by molar-refractivity contribution is 5.84. The molecule has 0 aliphatic carbocycles. The van der Waals surface area contributed by atoms with Crippen molar-refractivity contribution in [2.45, 2.75) is 25.5 Å². The lowest BCUT2D eigenvalue weighted by Crippen LogP contribution is -2.32. The summed E-state index contributed by atoms with van der Waals surface area (Å²) in [6.07, 6.45) is 1.75. The number of furan rings is 1. The molecule has 3 rings (SSSR count). The summed E-state index contributed by atoms with van der Waals surface area (Å²) in [6, 6.07) is 15.5. The predicted molar refractivity (Wildman–Crippen MR) is 106 cm³/mol. The summed E-state index contributed by atoms with van der Waals surface area (Å²) in [5.74, 6) is 0.794. The number of hydrogen-bond acceptors (Lipinski definition) is 6. The number of aliphatic hydroxyl groups excluding tert-OH is 1. The van der Waals surface area contributed by atoms with Gasteiger partial charge in [-0.2, -0.15) is 0 Å². The number of fused-ring (bicyclic) bond motifs is 1. The third kappa shape index (κ3) is 5.12. The summed E-state index contributed by atoms with van der Waals surface area (Å²) in [5.41, 5.74) is 1.13. The number of hydrogen-bond donors (Lipinski definition) is 2. The Balaban J connectivity index is 1.48. The van der Waals surface area contributed by atoms with Crippen LogP contribution in [0.4, 0.5) is 0 Å². The lowest BCUT2D eigenvalue weighted by atomic mass is 10.1. The maximum absolute atomic E-state index is 11.1. The van der Waals surface area contributed by atoms with Gasteiger partial charge in [-0.3, -0.25) is 0 Å². The van der Waals surface area contributed by atoms with Crippen molar-refractivity contribution < 1.29 is 23.8 Å². The van der Waals surface area contributed by atoms with E-state index in [0.29, 0.717) is 18.1 Å². The van der Waals surface area contributed by atoms with Gasteiger partial charge in [-0.15, -0.1) is 0 Å². The summed E-state index contributed by atoms with van der Waals surface area (Å²) in [7, 11) is 1.33. The van der Waals surface area contributed by atoms with Crippen LogP contribution in [0.25, 0.3) is 10.8 Å². The van der Waals surface area contributed by atoms with Gasteiger partial charge in [-0.25, -0.2) is 4.79 Å². The molecule has 0 aliphatic rings. The minimum Gasteiger partial charge on any atom is -0.482 e. The summed E-state index contributed by atoms with van der Waals surface area (Å²) in [5, 5.41) is 15.7. The first kappa shape index (κ1) is 19.9. The number of esters is 1. The van der Waals surface area contributed by atoms with E-state index in [-0.39, 0.29) is 12.6 Å². The molecule has 0 amide bonds. The Hall–Kier alpha value is -2.83. The van der Waals surface area contributed by atoms with E-state index in [1.54, 1.807) is 6.26 Å². The Bertz CT molecular complexity index is 903. The SMILES string of the molecule is COC(=O)COc1ccc(CC(C)NCC(O)c2occ3ccccc23)cc1. The summed E-state index contributed by atoms with van der Waals surface area (Å²) >= 11 is 0. The molecule has 2 aromatic carbocycles. The molecule has 0 spiro atoms. The largest absolute Gasteiger partial charge is 0.482 e.